The molecule has 0 spiro atoms. The van der Waals surface area contributed by atoms with Crippen LogP contribution in [-0.4, -0.2) is 15.0 Å². The molecule has 0 fully saturated rings. The maximum atomic E-state index is 10.8. The van der Waals surface area contributed by atoms with E-state index < -0.39 is 11.0 Å². The van der Waals surface area contributed by atoms with Gasteiger partial charge < -0.3 is 5.11 Å². The van der Waals surface area contributed by atoms with Crippen molar-refractivity contribution in [1.82, 2.24) is 4.98 Å². The zero-order valence-electron chi connectivity index (χ0n) is 8.85. The van der Waals surface area contributed by atoms with Gasteiger partial charge in [0.25, 0.3) is 5.69 Å². The monoisotopic (exact) mass is 230 g/mol. The number of aromatic nitrogens is 1. The Kier molecular flexibility index (Phi) is 3.11. The lowest BCUT2D eigenvalue weighted by molar-refractivity contribution is -0.386. The summed E-state index contributed by atoms with van der Waals surface area (Å²) in [6.45, 7) is 0. The smallest absolute Gasteiger partial charge is 0.275 e. The first-order chi connectivity index (χ1) is 8.20. The summed E-state index contributed by atoms with van der Waals surface area (Å²) in [7, 11) is 0. The van der Waals surface area contributed by atoms with E-state index in [0.29, 0.717) is 5.56 Å². The van der Waals surface area contributed by atoms with Crippen LogP contribution in [0.4, 0.5) is 5.69 Å². The van der Waals surface area contributed by atoms with E-state index in [9.17, 15) is 15.2 Å². The fourth-order valence-electron chi connectivity index (χ4n) is 1.60. The molecular formula is C12H10N2O3. The van der Waals surface area contributed by atoms with Gasteiger partial charge >= 0.3 is 0 Å². The number of para-hydroxylation sites is 1. The molecule has 1 N–H and O–H groups in total. The Morgan fingerprint density at radius 1 is 1.24 bits per heavy atom. The Balaban J connectivity index is 2.44. The molecule has 0 radical (unpaired) electrons. The number of nitrogens with zero attached hydrogens (tertiary/aromatic N) is 2. The van der Waals surface area contributed by atoms with E-state index in [2.05, 4.69) is 4.98 Å². The van der Waals surface area contributed by atoms with Crippen molar-refractivity contribution in [2.45, 2.75) is 6.10 Å². The predicted octanol–water partition coefficient (Wildman–Crippen LogP) is 2.07. The molecular weight excluding hydrogens is 220 g/mol. The number of hydrogen-bond donors (Lipinski definition) is 1. The summed E-state index contributed by atoms with van der Waals surface area (Å²) in [5.41, 5.74) is 0.705. The molecule has 86 valence electrons. The van der Waals surface area contributed by atoms with E-state index in [1.807, 2.05) is 0 Å². The van der Waals surface area contributed by atoms with Gasteiger partial charge in [0.05, 0.1) is 10.5 Å². The Hall–Kier alpha value is -2.27. The van der Waals surface area contributed by atoms with Crippen molar-refractivity contribution in [3.05, 3.63) is 70.0 Å². The number of aliphatic hydroxyl groups excluding tert-OH is 1. The standard InChI is InChI=1S/C12H10N2O3/c15-12(9-4-3-7-13-8-9)10-5-1-2-6-11(10)14(16)17/h1-8,12,15H. The number of pyridine rings is 1. The van der Waals surface area contributed by atoms with Crippen LogP contribution in [0.2, 0.25) is 0 Å². The predicted molar refractivity (Wildman–Crippen MR) is 61.4 cm³/mol. The molecule has 0 saturated heterocycles. The molecule has 17 heavy (non-hydrogen) atoms. The van der Waals surface area contributed by atoms with Gasteiger partial charge in [-0.05, 0) is 12.1 Å². The molecule has 5 heteroatoms. The minimum Gasteiger partial charge on any atom is -0.383 e. The van der Waals surface area contributed by atoms with E-state index in [0.717, 1.165) is 0 Å². The second kappa shape index (κ2) is 4.71. The molecule has 0 saturated carbocycles. The van der Waals surface area contributed by atoms with Crippen molar-refractivity contribution >= 4 is 5.69 Å². The van der Waals surface area contributed by atoms with E-state index in [-0.39, 0.29) is 11.3 Å². The lowest BCUT2D eigenvalue weighted by Gasteiger charge is -2.10. The van der Waals surface area contributed by atoms with Crippen molar-refractivity contribution in [3.8, 4) is 0 Å². The van der Waals surface area contributed by atoms with Crippen LogP contribution >= 0.6 is 0 Å². The maximum Gasteiger partial charge on any atom is 0.275 e. The summed E-state index contributed by atoms with van der Waals surface area (Å²) in [5.74, 6) is 0. The number of rotatable bonds is 3. The molecule has 2 aromatic rings. The Morgan fingerprint density at radius 2 is 2.00 bits per heavy atom. The van der Waals surface area contributed by atoms with E-state index in [1.54, 1.807) is 30.5 Å². The summed E-state index contributed by atoms with van der Waals surface area (Å²) in [4.78, 5) is 14.2. The van der Waals surface area contributed by atoms with Gasteiger partial charge in [0.1, 0.15) is 6.10 Å². The fourth-order valence-corrected chi connectivity index (χ4v) is 1.60. The van der Waals surface area contributed by atoms with Crippen LogP contribution in [0.5, 0.6) is 0 Å². The lowest BCUT2D eigenvalue weighted by atomic mass is 10.0. The van der Waals surface area contributed by atoms with Crippen molar-refractivity contribution < 1.29 is 10.0 Å². The van der Waals surface area contributed by atoms with Crippen molar-refractivity contribution in [2.24, 2.45) is 0 Å². The second-order valence-corrected chi connectivity index (χ2v) is 3.50. The molecule has 1 atom stereocenters. The zero-order chi connectivity index (χ0) is 12.3. The largest absolute Gasteiger partial charge is 0.383 e. The van der Waals surface area contributed by atoms with Crippen LogP contribution in [0.3, 0.4) is 0 Å². The molecule has 0 aliphatic carbocycles. The number of nitro groups is 1. The van der Waals surface area contributed by atoms with Gasteiger partial charge in [-0.1, -0.05) is 18.2 Å². The minimum absolute atomic E-state index is 0.0937. The summed E-state index contributed by atoms with van der Waals surface area (Å²) >= 11 is 0. The van der Waals surface area contributed by atoms with Gasteiger partial charge in [0.2, 0.25) is 0 Å². The SMILES string of the molecule is O=[N+]([O-])c1ccccc1C(O)c1cccnc1. The molecule has 0 aliphatic rings. The second-order valence-electron chi connectivity index (χ2n) is 3.50. The first-order valence-electron chi connectivity index (χ1n) is 5.01. The highest BCUT2D eigenvalue weighted by atomic mass is 16.6. The van der Waals surface area contributed by atoms with Crippen molar-refractivity contribution in [3.63, 3.8) is 0 Å². The third-order valence-electron chi connectivity index (χ3n) is 2.43. The van der Waals surface area contributed by atoms with Gasteiger partial charge in [0, 0.05) is 24.0 Å². The van der Waals surface area contributed by atoms with E-state index in [1.165, 1.54) is 18.3 Å². The van der Waals surface area contributed by atoms with Crippen LogP contribution in [0.25, 0.3) is 0 Å². The summed E-state index contributed by atoms with van der Waals surface area (Å²) in [6, 6.07) is 9.48. The maximum absolute atomic E-state index is 10.8. The lowest BCUT2D eigenvalue weighted by Crippen LogP contribution is -2.03. The highest BCUT2D eigenvalue weighted by Gasteiger charge is 2.20. The molecule has 1 aromatic heterocycles. The van der Waals surface area contributed by atoms with Gasteiger partial charge in [0.15, 0.2) is 0 Å². The first-order valence-corrected chi connectivity index (χ1v) is 5.01. The van der Waals surface area contributed by atoms with Crippen molar-refractivity contribution in [2.75, 3.05) is 0 Å². The van der Waals surface area contributed by atoms with Crippen molar-refractivity contribution in [1.29, 1.82) is 0 Å². The Bertz CT molecular complexity index is 528. The van der Waals surface area contributed by atoms with Crippen LogP contribution < -0.4 is 0 Å². The molecule has 0 amide bonds. The normalized spacial score (nSPS) is 12.1. The highest BCUT2D eigenvalue weighted by molar-refractivity contribution is 5.44. The first kappa shape index (κ1) is 11.2. The van der Waals surface area contributed by atoms with Gasteiger partial charge in [-0.15, -0.1) is 0 Å². The van der Waals surface area contributed by atoms with Crippen LogP contribution in [-0.2, 0) is 0 Å². The van der Waals surface area contributed by atoms with E-state index >= 15 is 0 Å². The van der Waals surface area contributed by atoms with Crippen LogP contribution in [0, 0.1) is 10.1 Å². The third-order valence-corrected chi connectivity index (χ3v) is 2.43. The molecule has 1 heterocycles. The number of benzene rings is 1. The summed E-state index contributed by atoms with van der Waals surface area (Å²) in [5, 5.41) is 20.9. The zero-order valence-corrected chi connectivity index (χ0v) is 8.85. The third kappa shape index (κ3) is 2.29. The average Bonchev–Trinajstić information content (AvgIpc) is 2.39. The topological polar surface area (TPSA) is 76.3 Å². The molecule has 1 aromatic carbocycles. The number of nitro benzene ring substituents is 1. The molecule has 1 unspecified atom stereocenters. The Labute approximate surface area is 97.5 Å². The molecule has 0 aliphatic heterocycles. The fraction of sp³-hybridized carbons (Fsp3) is 0.0833. The quantitative estimate of drug-likeness (QED) is 0.646. The molecule has 0 bridgehead atoms. The van der Waals surface area contributed by atoms with Gasteiger partial charge in [-0.25, -0.2) is 0 Å². The number of hydrogen-bond acceptors (Lipinski definition) is 4. The highest BCUT2D eigenvalue weighted by Crippen LogP contribution is 2.28. The number of aliphatic hydroxyl groups is 1. The molecule has 2 rings (SSSR count). The summed E-state index contributed by atoms with van der Waals surface area (Å²) < 4.78 is 0. The summed E-state index contributed by atoms with van der Waals surface area (Å²) in [6.07, 6.45) is 2.03. The van der Waals surface area contributed by atoms with E-state index in [4.69, 9.17) is 0 Å². The minimum atomic E-state index is -1.04. The Morgan fingerprint density at radius 3 is 2.65 bits per heavy atom. The van der Waals surface area contributed by atoms with Gasteiger partial charge in [-0.2, -0.15) is 0 Å². The molecule has 5 nitrogen and oxygen atoms in total. The van der Waals surface area contributed by atoms with Gasteiger partial charge in [-0.3, -0.25) is 15.1 Å². The van der Waals surface area contributed by atoms with Crippen LogP contribution in [0.1, 0.15) is 17.2 Å². The van der Waals surface area contributed by atoms with Crippen LogP contribution in [0.15, 0.2) is 48.8 Å². The average molecular weight is 230 g/mol.